The summed E-state index contributed by atoms with van der Waals surface area (Å²) in [5, 5.41) is 7.47. The number of thiophene rings is 2. The second-order valence-electron chi connectivity index (χ2n) is 2.95. The fraction of sp³-hybridized carbons (Fsp3) is 0.200. The molecule has 0 radical (unpaired) electrons. The molecule has 0 aliphatic carbocycles. The van der Waals surface area contributed by atoms with E-state index in [0.717, 1.165) is 6.54 Å². The van der Waals surface area contributed by atoms with E-state index < -0.39 is 0 Å². The third-order valence-electron chi connectivity index (χ3n) is 1.88. The maximum Gasteiger partial charge on any atom is 0.0584 e. The molecule has 0 amide bonds. The van der Waals surface area contributed by atoms with Gasteiger partial charge in [-0.25, -0.2) is 0 Å². The summed E-state index contributed by atoms with van der Waals surface area (Å²) in [6.45, 7) is 0.944. The van der Waals surface area contributed by atoms with Crippen molar-refractivity contribution in [2.24, 2.45) is 0 Å². The molecule has 14 heavy (non-hydrogen) atoms. The van der Waals surface area contributed by atoms with E-state index in [-0.39, 0.29) is 0 Å². The fourth-order valence-corrected chi connectivity index (χ4v) is 4.04. The van der Waals surface area contributed by atoms with Gasteiger partial charge in [-0.15, -0.1) is 22.7 Å². The van der Waals surface area contributed by atoms with Gasteiger partial charge in [0.15, 0.2) is 0 Å². The van der Waals surface area contributed by atoms with Crippen molar-refractivity contribution in [3.8, 4) is 9.75 Å². The maximum absolute atomic E-state index is 3.55. The van der Waals surface area contributed by atoms with Crippen molar-refractivity contribution < 1.29 is 0 Å². The summed E-state index contributed by atoms with van der Waals surface area (Å²) in [7, 11) is 1.97. The van der Waals surface area contributed by atoms with Crippen molar-refractivity contribution in [1.82, 2.24) is 5.32 Å². The summed E-state index contributed by atoms with van der Waals surface area (Å²) in [5.41, 5.74) is 1.35. The van der Waals surface area contributed by atoms with Gasteiger partial charge in [-0.1, -0.05) is 0 Å². The average Bonchev–Trinajstić information content (AvgIpc) is 2.74. The zero-order chi connectivity index (χ0) is 9.97. The van der Waals surface area contributed by atoms with Crippen LogP contribution in [-0.4, -0.2) is 7.05 Å². The molecule has 74 valence electrons. The normalized spacial score (nSPS) is 10.7. The Morgan fingerprint density at radius 2 is 2.29 bits per heavy atom. The fourth-order valence-electron chi connectivity index (χ4n) is 1.26. The van der Waals surface area contributed by atoms with Crippen molar-refractivity contribution in [3.63, 3.8) is 0 Å². The predicted molar refractivity (Wildman–Crippen MR) is 68.1 cm³/mol. The number of hydrogen-bond acceptors (Lipinski definition) is 3. The quantitative estimate of drug-likeness (QED) is 0.901. The predicted octanol–water partition coefficient (Wildman–Crippen LogP) is 3.96. The summed E-state index contributed by atoms with van der Waals surface area (Å²) in [5.74, 6) is 0. The lowest BCUT2D eigenvalue weighted by Gasteiger charge is -1.93. The minimum absolute atomic E-state index is 0.944. The Morgan fingerprint density at radius 3 is 2.93 bits per heavy atom. The lowest BCUT2D eigenvalue weighted by atomic mass is 10.3. The molecule has 4 heteroatoms. The van der Waals surface area contributed by atoms with Crippen molar-refractivity contribution >= 4 is 38.6 Å². The molecule has 1 N–H and O–H groups in total. The van der Waals surface area contributed by atoms with Gasteiger partial charge in [0.2, 0.25) is 0 Å². The van der Waals surface area contributed by atoms with Crippen LogP contribution in [-0.2, 0) is 6.54 Å². The van der Waals surface area contributed by atoms with Gasteiger partial charge in [0.25, 0.3) is 0 Å². The van der Waals surface area contributed by atoms with Gasteiger partial charge in [0.1, 0.15) is 0 Å². The first kappa shape index (κ1) is 10.4. The first-order valence-corrected chi connectivity index (χ1v) is 6.82. The summed E-state index contributed by atoms with van der Waals surface area (Å²) in [6.07, 6.45) is 0. The van der Waals surface area contributed by atoms with Crippen LogP contribution in [0.2, 0.25) is 0 Å². The first-order valence-electron chi connectivity index (χ1n) is 4.26. The molecule has 2 aromatic rings. The van der Waals surface area contributed by atoms with E-state index in [4.69, 9.17) is 0 Å². The van der Waals surface area contributed by atoms with E-state index in [1.165, 1.54) is 19.8 Å². The number of nitrogens with one attached hydrogen (secondary N) is 1. The Morgan fingerprint density at radius 1 is 1.43 bits per heavy atom. The number of halogens is 1. The zero-order valence-electron chi connectivity index (χ0n) is 7.71. The topological polar surface area (TPSA) is 12.0 Å². The van der Waals surface area contributed by atoms with Crippen molar-refractivity contribution in [2.45, 2.75) is 6.54 Å². The lowest BCUT2D eigenvalue weighted by molar-refractivity contribution is 0.821. The molecule has 0 unspecified atom stereocenters. The summed E-state index contributed by atoms with van der Waals surface area (Å²) in [4.78, 5) is 2.68. The number of hydrogen-bond donors (Lipinski definition) is 1. The molecular formula is C10H10BrNS2. The summed E-state index contributed by atoms with van der Waals surface area (Å²) >= 11 is 7.13. The minimum Gasteiger partial charge on any atom is -0.316 e. The highest BCUT2D eigenvalue weighted by Crippen LogP contribution is 2.37. The molecule has 2 rings (SSSR count). The molecule has 1 nitrogen and oxygen atoms in total. The van der Waals surface area contributed by atoms with E-state index in [0.29, 0.717) is 0 Å². The van der Waals surface area contributed by atoms with Crippen molar-refractivity contribution in [3.05, 3.63) is 32.9 Å². The monoisotopic (exact) mass is 287 g/mol. The SMILES string of the molecule is CNCc1csc(-c2sccc2Br)c1. The van der Waals surface area contributed by atoms with Crippen molar-refractivity contribution in [2.75, 3.05) is 7.05 Å². The largest absolute Gasteiger partial charge is 0.316 e. The van der Waals surface area contributed by atoms with Crippen LogP contribution in [0.3, 0.4) is 0 Å². The first-order chi connectivity index (χ1) is 6.81. The zero-order valence-corrected chi connectivity index (χ0v) is 10.9. The van der Waals surface area contributed by atoms with Gasteiger partial charge in [-0.05, 0) is 51.4 Å². The second kappa shape index (κ2) is 4.57. The Balaban J connectivity index is 2.29. The molecule has 0 atom stereocenters. The standard InChI is InChI=1S/C10H10BrNS2/c1-12-5-7-4-9(14-6-7)10-8(11)2-3-13-10/h2-4,6,12H,5H2,1H3. The van der Waals surface area contributed by atoms with Gasteiger partial charge < -0.3 is 5.32 Å². The van der Waals surface area contributed by atoms with E-state index in [1.807, 2.05) is 7.05 Å². The van der Waals surface area contributed by atoms with Gasteiger partial charge in [-0.3, -0.25) is 0 Å². The van der Waals surface area contributed by atoms with Crippen LogP contribution >= 0.6 is 38.6 Å². The van der Waals surface area contributed by atoms with Gasteiger partial charge in [0, 0.05) is 15.9 Å². The molecule has 2 heterocycles. The lowest BCUT2D eigenvalue weighted by Crippen LogP contribution is -2.03. The van der Waals surface area contributed by atoms with Crippen LogP contribution in [0.5, 0.6) is 0 Å². The highest BCUT2D eigenvalue weighted by Gasteiger charge is 2.07. The molecule has 0 aliphatic rings. The average molecular weight is 288 g/mol. The van der Waals surface area contributed by atoms with Crippen LogP contribution in [0.1, 0.15) is 5.56 Å². The highest BCUT2D eigenvalue weighted by molar-refractivity contribution is 9.10. The molecule has 0 fully saturated rings. The molecular weight excluding hydrogens is 278 g/mol. The van der Waals surface area contributed by atoms with Crippen LogP contribution < -0.4 is 5.32 Å². The number of rotatable bonds is 3. The molecule has 0 aromatic carbocycles. The smallest absolute Gasteiger partial charge is 0.0584 e. The van der Waals surface area contributed by atoms with Crippen LogP contribution in [0, 0.1) is 0 Å². The molecule has 0 saturated heterocycles. The van der Waals surface area contributed by atoms with Crippen molar-refractivity contribution in [1.29, 1.82) is 0 Å². The van der Waals surface area contributed by atoms with E-state index in [2.05, 4.69) is 44.1 Å². The Hall–Kier alpha value is -0.160. The summed E-state index contributed by atoms with van der Waals surface area (Å²) < 4.78 is 1.19. The van der Waals surface area contributed by atoms with Gasteiger partial charge >= 0.3 is 0 Å². The van der Waals surface area contributed by atoms with Crippen LogP contribution in [0.4, 0.5) is 0 Å². The molecule has 0 aliphatic heterocycles. The Bertz CT molecular complexity index is 419. The van der Waals surface area contributed by atoms with Crippen LogP contribution in [0.15, 0.2) is 27.4 Å². The van der Waals surface area contributed by atoms with Gasteiger partial charge in [-0.2, -0.15) is 0 Å². The maximum atomic E-state index is 3.55. The van der Waals surface area contributed by atoms with Crippen LogP contribution in [0.25, 0.3) is 9.75 Å². The Kier molecular flexibility index (Phi) is 3.38. The third-order valence-corrected chi connectivity index (χ3v) is 4.87. The molecule has 0 spiro atoms. The Labute approximate surface area is 99.9 Å². The van der Waals surface area contributed by atoms with Gasteiger partial charge in [0.05, 0.1) is 4.88 Å². The second-order valence-corrected chi connectivity index (χ2v) is 5.63. The van der Waals surface area contributed by atoms with E-state index in [9.17, 15) is 0 Å². The van der Waals surface area contributed by atoms with E-state index >= 15 is 0 Å². The molecule has 2 aromatic heterocycles. The summed E-state index contributed by atoms with van der Waals surface area (Å²) in [6, 6.07) is 4.34. The molecule has 0 saturated carbocycles. The van der Waals surface area contributed by atoms with E-state index in [1.54, 1.807) is 22.7 Å². The third kappa shape index (κ3) is 2.08. The molecule has 0 bridgehead atoms. The highest BCUT2D eigenvalue weighted by atomic mass is 79.9. The minimum atomic E-state index is 0.944.